The number of amides is 2. The summed E-state index contributed by atoms with van der Waals surface area (Å²) in [6.45, 7) is 2.13. The number of H-pyrrole nitrogens is 1. The van der Waals surface area contributed by atoms with Crippen molar-refractivity contribution in [1.29, 1.82) is 0 Å². The highest BCUT2D eigenvalue weighted by molar-refractivity contribution is 5.91. The predicted octanol–water partition coefficient (Wildman–Crippen LogP) is 1.83. The van der Waals surface area contributed by atoms with Crippen LogP contribution >= 0.6 is 0 Å². The summed E-state index contributed by atoms with van der Waals surface area (Å²) in [5.41, 5.74) is 1.71. The maximum Gasteiger partial charge on any atom is 0.410 e. The molecule has 1 saturated carbocycles. The van der Waals surface area contributed by atoms with E-state index in [-0.39, 0.29) is 36.5 Å². The first kappa shape index (κ1) is 21.1. The molecule has 1 aliphatic heterocycles. The van der Waals surface area contributed by atoms with E-state index in [2.05, 4.69) is 20.5 Å². The van der Waals surface area contributed by atoms with Crippen molar-refractivity contribution in [2.45, 2.75) is 56.8 Å². The third-order valence-electron chi connectivity index (χ3n) is 6.00. The average Bonchev–Trinajstić information content (AvgIpc) is 3.41. The first-order chi connectivity index (χ1) is 14.9. The molecule has 0 bridgehead atoms. The number of rotatable bonds is 6. The van der Waals surface area contributed by atoms with Gasteiger partial charge in [-0.15, -0.1) is 0 Å². The molecule has 0 radical (unpaired) electrons. The molecule has 2 aromatic rings. The average molecular weight is 429 g/mol. The van der Waals surface area contributed by atoms with Gasteiger partial charge in [-0.25, -0.2) is 9.78 Å². The number of hydrogen-bond donors (Lipinski definition) is 3. The third kappa shape index (κ3) is 4.79. The van der Waals surface area contributed by atoms with E-state index in [0.29, 0.717) is 24.7 Å². The Kier molecular flexibility index (Phi) is 6.08. The van der Waals surface area contributed by atoms with Gasteiger partial charge in [0.2, 0.25) is 11.8 Å². The fourth-order valence-electron chi connectivity index (χ4n) is 4.03. The van der Waals surface area contributed by atoms with Crippen LogP contribution in [0.4, 0.5) is 10.6 Å². The standard InChI is InChI=1S/C21H27N5O5/c1-12-17(27)11-26(12)21(29)31-15-4-3-14(9-15)16-10-18(25-24-16)23-19(28)7-13-5-6-22-20(8-13)30-2/h5-6,8,10,12,14-15,17,27H,3-4,7,9,11H2,1-2H3,(H2,23,24,25,28)/t12-,14-,15+,17+/m0/s1. The molecule has 4 rings (SSSR count). The number of aromatic amines is 1. The molecule has 3 heterocycles. The second kappa shape index (κ2) is 8.93. The van der Waals surface area contributed by atoms with E-state index in [4.69, 9.17) is 9.47 Å². The van der Waals surface area contributed by atoms with Gasteiger partial charge < -0.3 is 24.8 Å². The van der Waals surface area contributed by atoms with E-state index in [1.54, 1.807) is 30.2 Å². The van der Waals surface area contributed by atoms with Crippen LogP contribution in [0.25, 0.3) is 0 Å². The molecule has 0 unspecified atom stereocenters. The summed E-state index contributed by atoms with van der Waals surface area (Å²) in [6, 6.07) is 5.11. The maximum absolute atomic E-state index is 12.3. The van der Waals surface area contributed by atoms with Gasteiger partial charge >= 0.3 is 6.09 Å². The van der Waals surface area contributed by atoms with Crippen LogP contribution in [0.15, 0.2) is 24.4 Å². The number of pyridine rings is 1. The summed E-state index contributed by atoms with van der Waals surface area (Å²) < 4.78 is 10.7. The van der Waals surface area contributed by atoms with Gasteiger partial charge in [-0.1, -0.05) is 0 Å². The Morgan fingerprint density at radius 1 is 1.35 bits per heavy atom. The molecule has 2 amide bonds. The molecule has 10 heteroatoms. The number of hydrogen-bond acceptors (Lipinski definition) is 7. The van der Waals surface area contributed by atoms with Crippen LogP contribution < -0.4 is 10.1 Å². The zero-order valence-corrected chi connectivity index (χ0v) is 17.6. The van der Waals surface area contributed by atoms with Crippen LogP contribution in [0.3, 0.4) is 0 Å². The Morgan fingerprint density at radius 3 is 2.94 bits per heavy atom. The summed E-state index contributed by atoms with van der Waals surface area (Å²) in [5.74, 6) is 0.920. The Hall–Kier alpha value is -3.14. The van der Waals surface area contributed by atoms with Crippen molar-refractivity contribution < 1.29 is 24.2 Å². The number of methoxy groups -OCH3 is 1. The zero-order chi connectivity index (χ0) is 22.0. The van der Waals surface area contributed by atoms with Crippen molar-refractivity contribution in [3.8, 4) is 5.88 Å². The molecule has 0 aromatic carbocycles. The second-order valence-electron chi connectivity index (χ2n) is 8.12. The van der Waals surface area contributed by atoms with Gasteiger partial charge in [0.25, 0.3) is 0 Å². The number of aliphatic hydroxyl groups is 1. The topological polar surface area (TPSA) is 130 Å². The third-order valence-corrected chi connectivity index (χ3v) is 6.00. The molecule has 4 atom stereocenters. The molecule has 10 nitrogen and oxygen atoms in total. The fraction of sp³-hybridized carbons (Fsp3) is 0.524. The number of likely N-dealkylation sites (tertiary alicyclic amines) is 1. The number of carbonyl (C=O) groups excluding carboxylic acids is 2. The van der Waals surface area contributed by atoms with Crippen LogP contribution in [0, 0.1) is 0 Å². The molecule has 2 fully saturated rings. The number of carbonyl (C=O) groups is 2. The Bertz CT molecular complexity index is 948. The van der Waals surface area contributed by atoms with Crippen LogP contribution in [0.2, 0.25) is 0 Å². The molecule has 166 valence electrons. The molecular formula is C21H27N5O5. The molecular weight excluding hydrogens is 402 g/mol. The number of ether oxygens (including phenoxy) is 2. The quantitative estimate of drug-likeness (QED) is 0.639. The van der Waals surface area contributed by atoms with E-state index in [0.717, 1.165) is 24.1 Å². The lowest BCUT2D eigenvalue weighted by Gasteiger charge is -2.42. The number of anilines is 1. The molecule has 31 heavy (non-hydrogen) atoms. The fourth-order valence-corrected chi connectivity index (χ4v) is 4.03. The molecule has 2 aromatic heterocycles. The van der Waals surface area contributed by atoms with Gasteiger partial charge in [-0.3, -0.25) is 9.89 Å². The zero-order valence-electron chi connectivity index (χ0n) is 17.6. The minimum absolute atomic E-state index is 0.162. The number of nitrogens with zero attached hydrogens (tertiary/aromatic N) is 3. The summed E-state index contributed by atoms with van der Waals surface area (Å²) in [5, 5.41) is 19.5. The van der Waals surface area contributed by atoms with Crippen molar-refractivity contribution in [3.05, 3.63) is 35.7 Å². The van der Waals surface area contributed by atoms with E-state index < -0.39 is 6.10 Å². The molecule has 0 spiro atoms. The van der Waals surface area contributed by atoms with E-state index >= 15 is 0 Å². The molecule has 1 saturated heterocycles. The highest BCUT2D eigenvalue weighted by atomic mass is 16.6. The summed E-state index contributed by atoms with van der Waals surface area (Å²) in [6.07, 6.45) is 3.12. The van der Waals surface area contributed by atoms with Crippen molar-refractivity contribution in [2.24, 2.45) is 0 Å². The van der Waals surface area contributed by atoms with Crippen LogP contribution in [0.5, 0.6) is 5.88 Å². The number of aliphatic hydroxyl groups excluding tert-OH is 1. The first-order valence-corrected chi connectivity index (χ1v) is 10.4. The summed E-state index contributed by atoms with van der Waals surface area (Å²) in [7, 11) is 1.53. The highest BCUT2D eigenvalue weighted by Crippen LogP contribution is 2.36. The van der Waals surface area contributed by atoms with Crippen LogP contribution in [0.1, 0.15) is 43.4 Å². The number of nitrogens with one attached hydrogen (secondary N) is 2. The van der Waals surface area contributed by atoms with Gasteiger partial charge in [-0.05, 0) is 37.8 Å². The van der Waals surface area contributed by atoms with E-state index in [1.807, 2.05) is 6.07 Å². The smallest absolute Gasteiger partial charge is 0.410 e. The lowest BCUT2D eigenvalue weighted by molar-refractivity contribution is -0.115. The summed E-state index contributed by atoms with van der Waals surface area (Å²) in [4.78, 5) is 30.1. The normalized spacial score (nSPS) is 25.1. The van der Waals surface area contributed by atoms with E-state index in [1.165, 1.54) is 7.11 Å². The predicted molar refractivity (Wildman–Crippen MR) is 111 cm³/mol. The van der Waals surface area contributed by atoms with Crippen molar-refractivity contribution >= 4 is 17.8 Å². The van der Waals surface area contributed by atoms with E-state index in [9.17, 15) is 14.7 Å². The van der Waals surface area contributed by atoms with Gasteiger partial charge in [0.1, 0.15) is 6.10 Å². The maximum atomic E-state index is 12.3. The first-order valence-electron chi connectivity index (χ1n) is 10.4. The lowest BCUT2D eigenvalue weighted by Crippen LogP contribution is -2.61. The largest absolute Gasteiger partial charge is 0.481 e. The van der Waals surface area contributed by atoms with Crippen LogP contribution in [-0.4, -0.2) is 69.1 Å². The number of aromatic nitrogens is 3. The monoisotopic (exact) mass is 429 g/mol. The molecule has 1 aliphatic carbocycles. The summed E-state index contributed by atoms with van der Waals surface area (Å²) >= 11 is 0. The SMILES string of the molecule is COc1cc(CC(=O)Nc2cc([C@H]3CC[C@@H](OC(=O)N4C[C@@H](O)[C@@H]4C)C3)[nH]n2)ccn1. The minimum atomic E-state index is -0.469. The van der Waals surface area contributed by atoms with Crippen LogP contribution in [-0.2, 0) is 16.0 Å². The van der Waals surface area contributed by atoms with Crippen molar-refractivity contribution in [2.75, 3.05) is 19.0 Å². The minimum Gasteiger partial charge on any atom is -0.481 e. The van der Waals surface area contributed by atoms with Gasteiger partial charge in [0.05, 0.1) is 32.2 Å². The van der Waals surface area contributed by atoms with Crippen molar-refractivity contribution in [3.63, 3.8) is 0 Å². The second-order valence-corrected chi connectivity index (χ2v) is 8.12. The van der Waals surface area contributed by atoms with Gasteiger partial charge in [-0.2, -0.15) is 5.10 Å². The lowest BCUT2D eigenvalue weighted by atomic mass is 10.0. The van der Waals surface area contributed by atoms with Crippen molar-refractivity contribution in [1.82, 2.24) is 20.1 Å². The Labute approximate surface area is 179 Å². The molecule has 3 N–H and O–H groups in total. The number of β-amino-alcohol motifs (C(OH)–C–C–N with tert-alkyl or cyclic N) is 1. The van der Waals surface area contributed by atoms with Gasteiger partial charge in [0.15, 0.2) is 5.82 Å². The Balaban J connectivity index is 1.27. The molecule has 2 aliphatic rings. The highest BCUT2D eigenvalue weighted by Gasteiger charge is 2.40. The Morgan fingerprint density at radius 2 is 2.19 bits per heavy atom. The van der Waals surface area contributed by atoms with Gasteiger partial charge in [0, 0.05) is 29.9 Å².